The first-order valence-electron chi connectivity index (χ1n) is 14.8. The molecular weight excluding hydrogens is 538 g/mol. The molecule has 7 nitrogen and oxygen atoms in total. The SMILES string of the molecule is Cc1ccc(C(C(=O)Nc2ccc3ccccc3c2)N(C(=O)C(Cc2ccccc2)NC(=O)OC(C)(C)C)C2CC2)cc1. The fraction of sp³-hybridized carbons (Fsp3) is 0.306. The van der Waals surface area contributed by atoms with Crippen LogP contribution >= 0.6 is 0 Å². The quantitative estimate of drug-likeness (QED) is 0.225. The maximum Gasteiger partial charge on any atom is 0.408 e. The average Bonchev–Trinajstić information content (AvgIpc) is 3.80. The molecule has 4 aromatic rings. The van der Waals surface area contributed by atoms with Crippen molar-refractivity contribution in [1.29, 1.82) is 0 Å². The molecule has 0 bridgehead atoms. The van der Waals surface area contributed by atoms with Gasteiger partial charge in [0.25, 0.3) is 5.91 Å². The van der Waals surface area contributed by atoms with E-state index in [9.17, 15) is 14.4 Å². The van der Waals surface area contributed by atoms with Crippen molar-refractivity contribution in [3.8, 4) is 0 Å². The van der Waals surface area contributed by atoms with Gasteiger partial charge in [-0.05, 0) is 74.6 Å². The molecule has 1 aliphatic rings. The van der Waals surface area contributed by atoms with Crippen molar-refractivity contribution in [2.75, 3.05) is 5.32 Å². The number of nitrogens with zero attached hydrogens (tertiary/aromatic N) is 1. The Morgan fingerprint density at radius 3 is 2.16 bits per heavy atom. The number of amides is 3. The molecule has 1 fully saturated rings. The van der Waals surface area contributed by atoms with Gasteiger partial charge in [-0.1, -0.05) is 90.5 Å². The number of rotatable bonds is 9. The highest BCUT2D eigenvalue weighted by molar-refractivity contribution is 6.00. The average molecular weight is 578 g/mol. The van der Waals surface area contributed by atoms with Gasteiger partial charge in [0.05, 0.1) is 0 Å². The van der Waals surface area contributed by atoms with E-state index in [2.05, 4.69) is 10.6 Å². The first-order chi connectivity index (χ1) is 20.6. The van der Waals surface area contributed by atoms with Gasteiger partial charge in [-0.15, -0.1) is 0 Å². The Morgan fingerprint density at radius 1 is 0.860 bits per heavy atom. The van der Waals surface area contributed by atoms with Crippen LogP contribution in [0.4, 0.5) is 10.5 Å². The Balaban J connectivity index is 1.50. The second kappa shape index (κ2) is 12.7. The summed E-state index contributed by atoms with van der Waals surface area (Å²) in [4.78, 5) is 43.3. The van der Waals surface area contributed by atoms with Crippen LogP contribution in [-0.2, 0) is 20.7 Å². The summed E-state index contributed by atoms with van der Waals surface area (Å²) in [6.07, 6.45) is 1.14. The number of benzene rings is 4. The topological polar surface area (TPSA) is 87.7 Å². The zero-order valence-corrected chi connectivity index (χ0v) is 25.2. The molecule has 5 rings (SSSR count). The number of alkyl carbamates (subject to hydrolysis) is 1. The number of anilines is 1. The van der Waals surface area contributed by atoms with Crippen LogP contribution in [0.15, 0.2) is 97.1 Å². The number of hydrogen-bond acceptors (Lipinski definition) is 4. The molecule has 2 unspecified atom stereocenters. The Labute approximate surface area is 253 Å². The van der Waals surface area contributed by atoms with Crippen molar-refractivity contribution in [3.05, 3.63) is 114 Å². The summed E-state index contributed by atoms with van der Waals surface area (Å²) in [5, 5.41) is 7.98. The van der Waals surface area contributed by atoms with Gasteiger partial charge in [0.15, 0.2) is 0 Å². The third-order valence-corrected chi connectivity index (χ3v) is 7.40. The minimum absolute atomic E-state index is 0.125. The lowest BCUT2D eigenvalue weighted by atomic mass is 9.99. The normalized spacial score (nSPS) is 14.4. The minimum Gasteiger partial charge on any atom is -0.444 e. The fourth-order valence-electron chi connectivity index (χ4n) is 5.22. The number of hydrogen-bond donors (Lipinski definition) is 2. The molecule has 43 heavy (non-hydrogen) atoms. The van der Waals surface area contributed by atoms with Gasteiger partial charge in [-0.3, -0.25) is 9.59 Å². The van der Waals surface area contributed by atoms with Crippen molar-refractivity contribution < 1.29 is 19.1 Å². The zero-order valence-electron chi connectivity index (χ0n) is 25.2. The lowest BCUT2D eigenvalue weighted by Gasteiger charge is -2.35. The largest absolute Gasteiger partial charge is 0.444 e. The number of fused-ring (bicyclic) bond motifs is 1. The molecule has 1 saturated carbocycles. The highest BCUT2D eigenvalue weighted by atomic mass is 16.6. The molecule has 3 amide bonds. The van der Waals surface area contributed by atoms with E-state index >= 15 is 0 Å². The van der Waals surface area contributed by atoms with Crippen LogP contribution in [0.3, 0.4) is 0 Å². The summed E-state index contributed by atoms with van der Waals surface area (Å²) in [5.74, 6) is -0.633. The molecule has 4 aromatic carbocycles. The number of carbonyl (C=O) groups is 3. The van der Waals surface area contributed by atoms with Crippen molar-refractivity contribution in [2.24, 2.45) is 0 Å². The number of aryl methyl sites for hydroxylation is 1. The number of nitrogens with one attached hydrogen (secondary N) is 2. The van der Waals surface area contributed by atoms with E-state index in [0.29, 0.717) is 11.3 Å². The van der Waals surface area contributed by atoms with Gasteiger partial charge in [0.1, 0.15) is 17.7 Å². The summed E-state index contributed by atoms with van der Waals surface area (Å²) in [5.41, 5.74) is 2.57. The van der Waals surface area contributed by atoms with Crippen molar-refractivity contribution >= 4 is 34.4 Å². The Kier molecular flexibility index (Phi) is 8.81. The maximum absolute atomic E-state index is 14.5. The Morgan fingerprint density at radius 2 is 1.51 bits per heavy atom. The van der Waals surface area contributed by atoms with E-state index in [4.69, 9.17) is 4.74 Å². The maximum atomic E-state index is 14.5. The van der Waals surface area contributed by atoms with E-state index in [0.717, 1.165) is 34.7 Å². The summed E-state index contributed by atoms with van der Waals surface area (Å²) < 4.78 is 5.53. The highest BCUT2D eigenvalue weighted by Crippen LogP contribution is 2.36. The van der Waals surface area contributed by atoms with Crippen LogP contribution in [0, 0.1) is 6.92 Å². The second-order valence-corrected chi connectivity index (χ2v) is 12.2. The standard InChI is InChI=1S/C36H39N3O4/c1-24-14-16-27(17-15-24)32(33(40)37-29-19-18-26-12-8-9-13-28(26)23-29)39(30-20-21-30)34(41)31(22-25-10-6-5-7-11-25)38-35(42)43-36(2,3)4/h5-19,23,30-32H,20-22H2,1-4H3,(H,37,40)(H,38,42). The van der Waals surface area contributed by atoms with Crippen LogP contribution < -0.4 is 10.6 Å². The summed E-state index contributed by atoms with van der Waals surface area (Å²) in [6.45, 7) is 7.32. The first kappa shape index (κ1) is 29.8. The predicted octanol–water partition coefficient (Wildman–Crippen LogP) is 6.96. The molecule has 0 heterocycles. The number of ether oxygens (including phenoxy) is 1. The van der Waals surface area contributed by atoms with Gasteiger partial charge in [-0.2, -0.15) is 0 Å². The lowest BCUT2D eigenvalue weighted by molar-refractivity contribution is -0.141. The van der Waals surface area contributed by atoms with E-state index in [1.807, 2.05) is 104 Å². The van der Waals surface area contributed by atoms with E-state index < -0.39 is 23.8 Å². The first-order valence-corrected chi connectivity index (χ1v) is 14.8. The van der Waals surface area contributed by atoms with Crippen LogP contribution in [0.2, 0.25) is 0 Å². The summed E-state index contributed by atoms with van der Waals surface area (Å²) >= 11 is 0. The molecule has 2 N–H and O–H groups in total. The van der Waals surface area contributed by atoms with E-state index in [1.54, 1.807) is 25.7 Å². The Bertz CT molecular complexity index is 1590. The fourth-order valence-corrected chi connectivity index (χ4v) is 5.22. The van der Waals surface area contributed by atoms with Crippen molar-refractivity contribution in [3.63, 3.8) is 0 Å². The van der Waals surface area contributed by atoms with Gasteiger partial charge in [0, 0.05) is 18.2 Å². The van der Waals surface area contributed by atoms with Gasteiger partial charge in [0.2, 0.25) is 5.91 Å². The molecule has 2 atom stereocenters. The summed E-state index contributed by atoms with van der Waals surface area (Å²) in [6, 6.07) is 29.0. The third kappa shape index (κ3) is 7.80. The molecule has 0 aromatic heterocycles. The molecule has 0 aliphatic heterocycles. The predicted molar refractivity (Wildman–Crippen MR) is 170 cm³/mol. The smallest absolute Gasteiger partial charge is 0.408 e. The second-order valence-electron chi connectivity index (χ2n) is 12.2. The van der Waals surface area contributed by atoms with Crippen LogP contribution in [0.1, 0.15) is 56.3 Å². The molecule has 0 spiro atoms. The van der Waals surface area contributed by atoms with Crippen molar-refractivity contribution in [1.82, 2.24) is 10.2 Å². The molecule has 0 radical (unpaired) electrons. The van der Waals surface area contributed by atoms with Crippen molar-refractivity contribution in [2.45, 2.75) is 70.7 Å². The highest BCUT2D eigenvalue weighted by Gasteiger charge is 2.44. The summed E-state index contributed by atoms with van der Waals surface area (Å²) in [7, 11) is 0. The van der Waals surface area contributed by atoms with Gasteiger partial charge in [-0.25, -0.2) is 4.79 Å². The number of carbonyl (C=O) groups excluding carboxylic acids is 3. The molecule has 222 valence electrons. The minimum atomic E-state index is -0.931. The van der Waals surface area contributed by atoms with Crippen LogP contribution in [-0.4, -0.2) is 40.5 Å². The Hall–Kier alpha value is -4.65. The lowest BCUT2D eigenvalue weighted by Crippen LogP contribution is -2.54. The van der Waals surface area contributed by atoms with E-state index in [1.165, 1.54) is 0 Å². The molecule has 7 heteroatoms. The van der Waals surface area contributed by atoms with Crippen LogP contribution in [0.5, 0.6) is 0 Å². The molecule has 0 saturated heterocycles. The third-order valence-electron chi connectivity index (χ3n) is 7.40. The molecule has 1 aliphatic carbocycles. The van der Waals surface area contributed by atoms with Crippen LogP contribution in [0.25, 0.3) is 10.8 Å². The molecular formula is C36H39N3O4. The van der Waals surface area contributed by atoms with E-state index in [-0.39, 0.29) is 24.3 Å². The zero-order chi connectivity index (χ0) is 30.6. The van der Waals surface area contributed by atoms with Gasteiger partial charge < -0.3 is 20.3 Å². The monoisotopic (exact) mass is 577 g/mol. The van der Waals surface area contributed by atoms with Gasteiger partial charge >= 0.3 is 6.09 Å².